The topological polar surface area (TPSA) is 52.0 Å². The van der Waals surface area contributed by atoms with Crippen LogP contribution in [0.15, 0.2) is 48.5 Å². The average molecular weight is 396 g/mol. The second-order valence-corrected chi connectivity index (χ2v) is 6.49. The molecule has 0 amide bonds. The van der Waals surface area contributed by atoms with E-state index in [0.717, 1.165) is 4.68 Å². The van der Waals surface area contributed by atoms with E-state index in [1.807, 2.05) is 0 Å². The summed E-state index contributed by atoms with van der Waals surface area (Å²) in [6.07, 6.45) is 0. The van der Waals surface area contributed by atoms with Gasteiger partial charge >= 0.3 is 0 Å². The molecule has 0 N–H and O–H groups in total. The van der Waals surface area contributed by atoms with E-state index < -0.39 is 34.7 Å². The third kappa shape index (κ3) is 2.22. The number of hydrogen-bond acceptors (Lipinski definition) is 3. The van der Waals surface area contributed by atoms with Crippen molar-refractivity contribution in [3.8, 4) is 11.3 Å². The maximum Gasteiger partial charge on any atom is 0.281 e. The van der Waals surface area contributed by atoms with E-state index in [1.54, 1.807) is 30.3 Å². The van der Waals surface area contributed by atoms with Gasteiger partial charge in [0.25, 0.3) is 5.91 Å². The van der Waals surface area contributed by atoms with Gasteiger partial charge in [0.15, 0.2) is 29.1 Å². The van der Waals surface area contributed by atoms with Gasteiger partial charge in [0.05, 0.1) is 11.1 Å². The number of nitrogens with zero attached hydrogens (tertiary/aromatic N) is 2. The molecule has 8 heteroatoms. The second kappa shape index (κ2) is 5.84. The van der Waals surface area contributed by atoms with Crippen molar-refractivity contribution in [1.29, 1.82) is 0 Å². The van der Waals surface area contributed by atoms with Crippen LogP contribution in [0.5, 0.6) is 0 Å². The summed E-state index contributed by atoms with van der Waals surface area (Å²) in [4.78, 5) is 25.7. The summed E-state index contributed by atoms with van der Waals surface area (Å²) in [5.74, 6) is -9.08. The van der Waals surface area contributed by atoms with Gasteiger partial charge in [-0.1, -0.05) is 36.4 Å². The zero-order chi connectivity index (χ0) is 20.4. The molecular formula is C21H8F4N2O2. The number of carbonyl (C=O) groups is 2. The van der Waals surface area contributed by atoms with Crippen LogP contribution in [-0.2, 0) is 0 Å². The Labute approximate surface area is 160 Å². The highest BCUT2D eigenvalue weighted by Crippen LogP contribution is 2.39. The van der Waals surface area contributed by atoms with Gasteiger partial charge in [0, 0.05) is 22.1 Å². The number of ketones is 1. The van der Waals surface area contributed by atoms with Crippen molar-refractivity contribution in [2.24, 2.45) is 0 Å². The molecule has 0 saturated carbocycles. The molecule has 0 spiro atoms. The summed E-state index contributed by atoms with van der Waals surface area (Å²) in [5.41, 5.74) is 0.617. The van der Waals surface area contributed by atoms with E-state index in [-0.39, 0.29) is 17.4 Å². The average Bonchev–Trinajstić information content (AvgIpc) is 3.13. The third-order valence-corrected chi connectivity index (χ3v) is 4.90. The second-order valence-electron chi connectivity index (χ2n) is 6.49. The number of aromatic nitrogens is 2. The van der Waals surface area contributed by atoms with Crippen LogP contribution in [0.25, 0.3) is 22.2 Å². The van der Waals surface area contributed by atoms with Crippen molar-refractivity contribution in [3.63, 3.8) is 0 Å². The lowest BCUT2D eigenvalue weighted by atomic mass is 9.87. The van der Waals surface area contributed by atoms with Crippen molar-refractivity contribution in [2.45, 2.75) is 0 Å². The Kier molecular flexibility index (Phi) is 3.48. The lowest BCUT2D eigenvalue weighted by Gasteiger charge is -2.13. The van der Waals surface area contributed by atoms with Crippen LogP contribution in [0.2, 0.25) is 0 Å². The van der Waals surface area contributed by atoms with Gasteiger partial charge in [-0.25, -0.2) is 17.6 Å². The molecule has 0 fully saturated rings. The number of carbonyl (C=O) groups excluding carboxylic acids is 2. The molecule has 5 rings (SSSR count). The minimum atomic E-state index is -2.09. The van der Waals surface area contributed by atoms with Crippen molar-refractivity contribution >= 4 is 22.6 Å². The maximum absolute atomic E-state index is 14.2. The summed E-state index contributed by atoms with van der Waals surface area (Å²) in [6, 6.07) is 11.5. The molecule has 142 valence electrons. The van der Waals surface area contributed by atoms with Gasteiger partial charge in [0.2, 0.25) is 0 Å². The van der Waals surface area contributed by atoms with Crippen LogP contribution >= 0.6 is 0 Å². The van der Waals surface area contributed by atoms with E-state index in [2.05, 4.69) is 5.10 Å². The molecule has 1 aliphatic carbocycles. The first-order valence-corrected chi connectivity index (χ1v) is 8.43. The van der Waals surface area contributed by atoms with Gasteiger partial charge in [-0.05, 0) is 12.1 Å². The quantitative estimate of drug-likeness (QED) is 0.238. The zero-order valence-electron chi connectivity index (χ0n) is 14.3. The zero-order valence-corrected chi connectivity index (χ0v) is 14.3. The fraction of sp³-hybridized carbons (Fsp3) is 0. The van der Waals surface area contributed by atoms with Crippen molar-refractivity contribution in [3.05, 3.63) is 88.5 Å². The Morgan fingerprint density at radius 3 is 2.28 bits per heavy atom. The van der Waals surface area contributed by atoms with Crippen LogP contribution in [-0.4, -0.2) is 21.5 Å². The molecule has 4 nitrogen and oxygen atoms in total. The lowest BCUT2D eigenvalue weighted by Crippen LogP contribution is -2.17. The van der Waals surface area contributed by atoms with Gasteiger partial charge in [0.1, 0.15) is 5.69 Å². The highest BCUT2D eigenvalue weighted by atomic mass is 19.2. The van der Waals surface area contributed by atoms with E-state index >= 15 is 0 Å². The fourth-order valence-corrected chi connectivity index (χ4v) is 3.58. The van der Waals surface area contributed by atoms with E-state index in [0.29, 0.717) is 27.8 Å². The number of halogens is 4. The monoisotopic (exact) mass is 396 g/mol. The number of fused-ring (bicyclic) bond motifs is 2. The van der Waals surface area contributed by atoms with E-state index in [1.165, 1.54) is 12.1 Å². The van der Waals surface area contributed by atoms with Crippen molar-refractivity contribution < 1.29 is 27.2 Å². The molecule has 0 atom stereocenters. The summed E-state index contributed by atoms with van der Waals surface area (Å²) in [5, 5.41) is 4.57. The Hall–Kier alpha value is -3.81. The molecule has 0 aliphatic heterocycles. The van der Waals surface area contributed by atoms with Crippen molar-refractivity contribution in [1.82, 2.24) is 9.78 Å². The summed E-state index contributed by atoms with van der Waals surface area (Å²) in [6.45, 7) is 0. The molecule has 0 unspecified atom stereocenters. The molecule has 4 aromatic rings. The lowest BCUT2D eigenvalue weighted by molar-refractivity contribution is 0.0944. The Bertz CT molecular complexity index is 1390. The maximum atomic E-state index is 14.2. The summed E-state index contributed by atoms with van der Waals surface area (Å²) in [7, 11) is 0. The number of rotatable bonds is 1. The van der Waals surface area contributed by atoms with Crippen LogP contribution in [0.1, 0.15) is 26.3 Å². The normalized spacial score (nSPS) is 12.3. The standard InChI is InChI=1S/C21H8F4N2O2/c22-13-8-12(16(23)18(25)17(13)24)21(29)27-14-7-3-6-11-15(14)19(26-27)9-4-1-2-5-10(9)20(11)28/h1-8H. The van der Waals surface area contributed by atoms with Crippen LogP contribution in [0.4, 0.5) is 17.6 Å². The molecule has 1 aromatic heterocycles. The highest BCUT2D eigenvalue weighted by Gasteiger charge is 2.31. The Morgan fingerprint density at radius 2 is 1.52 bits per heavy atom. The predicted octanol–water partition coefficient (Wildman–Crippen LogP) is 4.49. The largest absolute Gasteiger partial charge is 0.289 e. The minimum absolute atomic E-state index is 0.162. The van der Waals surface area contributed by atoms with Gasteiger partial charge in [-0.2, -0.15) is 9.78 Å². The molecule has 1 aliphatic rings. The van der Waals surface area contributed by atoms with Crippen LogP contribution < -0.4 is 0 Å². The summed E-state index contributed by atoms with van der Waals surface area (Å²) >= 11 is 0. The van der Waals surface area contributed by atoms with Gasteiger partial charge in [-0.15, -0.1) is 0 Å². The molecule has 29 heavy (non-hydrogen) atoms. The van der Waals surface area contributed by atoms with Crippen LogP contribution in [0, 0.1) is 23.3 Å². The highest BCUT2D eigenvalue weighted by molar-refractivity contribution is 6.25. The Balaban J connectivity index is 1.81. The molecule has 0 bridgehead atoms. The molecule has 3 aromatic carbocycles. The molecule has 1 heterocycles. The molecule has 0 saturated heterocycles. The molecular weight excluding hydrogens is 388 g/mol. The fourth-order valence-electron chi connectivity index (χ4n) is 3.58. The summed E-state index contributed by atoms with van der Waals surface area (Å²) < 4.78 is 55.4. The number of benzene rings is 3. The predicted molar refractivity (Wildman–Crippen MR) is 94.6 cm³/mol. The number of hydrogen-bond donors (Lipinski definition) is 0. The van der Waals surface area contributed by atoms with Crippen molar-refractivity contribution in [2.75, 3.05) is 0 Å². The smallest absolute Gasteiger partial charge is 0.281 e. The van der Waals surface area contributed by atoms with E-state index in [9.17, 15) is 27.2 Å². The van der Waals surface area contributed by atoms with Gasteiger partial charge in [-0.3, -0.25) is 9.59 Å². The first kappa shape index (κ1) is 17.3. The van der Waals surface area contributed by atoms with Crippen LogP contribution in [0.3, 0.4) is 0 Å². The SMILES string of the molecule is O=C1c2ccccc2-c2nn(C(=O)c3cc(F)c(F)c(F)c3F)c3cccc1c23. The third-order valence-electron chi connectivity index (χ3n) is 4.90. The first-order chi connectivity index (χ1) is 13.9. The first-order valence-electron chi connectivity index (χ1n) is 8.43. The minimum Gasteiger partial charge on any atom is -0.289 e. The molecule has 0 radical (unpaired) electrons. The van der Waals surface area contributed by atoms with Gasteiger partial charge < -0.3 is 0 Å². The Morgan fingerprint density at radius 1 is 0.828 bits per heavy atom. The van der Waals surface area contributed by atoms with E-state index in [4.69, 9.17) is 0 Å².